The van der Waals surface area contributed by atoms with Crippen LogP contribution in [0.4, 0.5) is 15.0 Å². The molecule has 0 aliphatic rings. The average Bonchev–Trinajstić information content (AvgIpc) is 3.68. The summed E-state index contributed by atoms with van der Waals surface area (Å²) in [6.07, 6.45) is 1.35. The summed E-state index contributed by atoms with van der Waals surface area (Å²) in [7, 11) is 0. The number of nitrogens with one attached hydrogen (secondary N) is 2. The normalized spacial score (nSPS) is 11.9. The smallest absolute Gasteiger partial charge is 0.338 e. The van der Waals surface area contributed by atoms with Crippen LogP contribution in [0.2, 0.25) is 5.02 Å². The Morgan fingerprint density at radius 3 is 2.42 bits per heavy atom. The van der Waals surface area contributed by atoms with Gasteiger partial charge in [0.2, 0.25) is 0 Å². The summed E-state index contributed by atoms with van der Waals surface area (Å²) in [5.74, 6) is -0.0794. The van der Waals surface area contributed by atoms with E-state index in [2.05, 4.69) is 10.6 Å². The van der Waals surface area contributed by atoms with Gasteiger partial charge in [0.1, 0.15) is 48.0 Å². The Balaban J connectivity index is 1.28. The zero-order valence-electron chi connectivity index (χ0n) is 36.2. The molecule has 0 spiro atoms. The SMILES string of the molecule is CCCOC(CC)OCCOc1cccc(-n2nc(C(C)(C)C)cc2NC(=O)NCc2cc(F)ccc2COc2cc(C)n(-c3cc(C(=O)OCCO)ccc3C)c(=O)c2Cl)c1. The molecule has 332 valence electrons. The number of carbonyl (C=O) groups excluding carboxylic acids is 2. The molecule has 62 heavy (non-hydrogen) atoms. The number of benzene rings is 3. The first-order valence-corrected chi connectivity index (χ1v) is 20.8. The van der Waals surface area contributed by atoms with Crippen LogP contribution in [0.5, 0.6) is 11.5 Å². The Bertz CT molecular complexity index is 2390. The number of hydrogen-bond donors (Lipinski definition) is 3. The van der Waals surface area contributed by atoms with Crippen LogP contribution in [0, 0.1) is 19.7 Å². The van der Waals surface area contributed by atoms with Crippen molar-refractivity contribution in [1.29, 1.82) is 0 Å². The van der Waals surface area contributed by atoms with Crippen LogP contribution >= 0.6 is 11.6 Å². The molecule has 0 radical (unpaired) electrons. The Morgan fingerprint density at radius 1 is 0.919 bits per heavy atom. The highest BCUT2D eigenvalue weighted by molar-refractivity contribution is 6.31. The van der Waals surface area contributed by atoms with Crippen LogP contribution in [0.15, 0.2) is 77.6 Å². The molecule has 0 saturated heterocycles. The first kappa shape index (κ1) is 47.3. The lowest BCUT2D eigenvalue weighted by molar-refractivity contribution is -0.147. The fourth-order valence-corrected chi connectivity index (χ4v) is 6.48. The molecule has 2 amide bonds. The van der Waals surface area contributed by atoms with Crippen molar-refractivity contribution >= 4 is 29.4 Å². The number of aryl methyl sites for hydroxylation is 2. The van der Waals surface area contributed by atoms with Gasteiger partial charge in [-0.3, -0.25) is 14.7 Å². The highest BCUT2D eigenvalue weighted by Gasteiger charge is 2.23. The lowest BCUT2D eigenvalue weighted by Gasteiger charge is -2.18. The standard InChI is InChI=1S/C46H55ClFN5O9/c1-8-18-59-41(9-2)60-21-20-58-36-12-10-11-35(25-36)53-40(26-39(51-53)46(5,6)7)50-45(57)49-27-33-23-34(48)16-15-32(33)28-62-38-22-30(4)52(43(55)42(38)47)37-24-31(14-13-29(37)3)44(56)61-19-17-54/h10-16,22-26,41,54H,8-9,17-21,27-28H2,1-7H3,(H2,49,50,57). The number of halogens is 2. The van der Waals surface area contributed by atoms with Gasteiger partial charge in [-0.15, -0.1) is 0 Å². The number of aliphatic hydroxyl groups is 1. The molecule has 1 atom stereocenters. The maximum atomic E-state index is 14.6. The number of nitrogens with zero attached hydrogens (tertiary/aromatic N) is 3. The molecular formula is C46H55ClFN5O9. The van der Waals surface area contributed by atoms with Crippen LogP contribution in [-0.2, 0) is 32.8 Å². The molecular weight excluding hydrogens is 821 g/mol. The molecule has 2 aromatic heterocycles. The molecule has 14 nitrogen and oxygen atoms in total. The largest absolute Gasteiger partial charge is 0.491 e. The Morgan fingerprint density at radius 2 is 1.69 bits per heavy atom. The third-order valence-electron chi connectivity index (χ3n) is 9.58. The first-order chi connectivity index (χ1) is 29.6. The molecule has 5 rings (SSSR count). The van der Waals surface area contributed by atoms with Crippen molar-refractivity contribution in [2.45, 2.75) is 86.2 Å². The number of anilines is 1. The molecule has 3 aromatic carbocycles. The quantitative estimate of drug-likeness (QED) is 0.0394. The molecule has 0 saturated carbocycles. The lowest BCUT2D eigenvalue weighted by Crippen LogP contribution is -2.29. The van der Waals surface area contributed by atoms with Crippen molar-refractivity contribution in [2.75, 3.05) is 38.4 Å². The number of pyridine rings is 1. The number of aromatic nitrogens is 3. The number of ether oxygens (including phenoxy) is 5. The highest BCUT2D eigenvalue weighted by Crippen LogP contribution is 2.29. The van der Waals surface area contributed by atoms with Gasteiger partial charge < -0.3 is 34.1 Å². The highest BCUT2D eigenvalue weighted by atomic mass is 35.5. The van der Waals surface area contributed by atoms with Gasteiger partial charge in [0.05, 0.1) is 35.8 Å². The number of amides is 2. The van der Waals surface area contributed by atoms with Crippen molar-refractivity contribution < 1.29 is 42.8 Å². The van der Waals surface area contributed by atoms with Gasteiger partial charge in [0.15, 0.2) is 6.29 Å². The second-order valence-corrected chi connectivity index (χ2v) is 15.9. The van der Waals surface area contributed by atoms with Gasteiger partial charge >= 0.3 is 12.0 Å². The predicted molar refractivity (Wildman–Crippen MR) is 235 cm³/mol. The molecule has 16 heteroatoms. The van der Waals surface area contributed by atoms with E-state index in [-0.39, 0.29) is 54.4 Å². The van der Waals surface area contributed by atoms with E-state index in [1.54, 1.807) is 42.8 Å². The van der Waals surface area contributed by atoms with E-state index in [0.29, 0.717) is 65.1 Å². The maximum Gasteiger partial charge on any atom is 0.338 e. The third kappa shape index (κ3) is 12.4. The maximum absolute atomic E-state index is 14.6. The Kier molecular flexibility index (Phi) is 16.7. The van der Waals surface area contributed by atoms with E-state index in [1.807, 2.05) is 58.9 Å². The Hall–Kier alpha value is -5.74. The van der Waals surface area contributed by atoms with Crippen molar-refractivity contribution in [3.05, 3.63) is 128 Å². The number of hydrogen-bond acceptors (Lipinski definition) is 10. The zero-order chi connectivity index (χ0) is 45.0. The number of rotatable bonds is 20. The number of aliphatic hydroxyl groups excluding tert-OH is 1. The van der Waals surface area contributed by atoms with Crippen LogP contribution in [0.1, 0.15) is 85.9 Å². The van der Waals surface area contributed by atoms with Crippen LogP contribution in [-0.4, -0.2) is 70.8 Å². The monoisotopic (exact) mass is 875 g/mol. The number of urea groups is 1. The summed E-state index contributed by atoms with van der Waals surface area (Å²) < 4.78 is 46.1. The molecule has 0 aliphatic heterocycles. The van der Waals surface area contributed by atoms with E-state index >= 15 is 0 Å². The van der Waals surface area contributed by atoms with Crippen LogP contribution in [0.3, 0.4) is 0 Å². The van der Waals surface area contributed by atoms with Crippen molar-refractivity contribution in [3.63, 3.8) is 0 Å². The fourth-order valence-electron chi connectivity index (χ4n) is 6.29. The molecule has 0 fully saturated rings. The summed E-state index contributed by atoms with van der Waals surface area (Å²) in [6.45, 7) is 14.2. The second kappa shape index (κ2) is 21.9. The minimum Gasteiger partial charge on any atom is -0.491 e. The first-order valence-electron chi connectivity index (χ1n) is 20.5. The van der Waals surface area contributed by atoms with E-state index in [4.69, 9.17) is 45.5 Å². The van der Waals surface area contributed by atoms with Gasteiger partial charge in [0, 0.05) is 42.5 Å². The Labute approximate surface area is 365 Å². The van der Waals surface area contributed by atoms with Crippen molar-refractivity contribution in [2.24, 2.45) is 0 Å². The van der Waals surface area contributed by atoms with Gasteiger partial charge in [-0.25, -0.2) is 18.7 Å². The summed E-state index contributed by atoms with van der Waals surface area (Å²) in [5.41, 5.74) is 3.20. The van der Waals surface area contributed by atoms with E-state index in [9.17, 15) is 18.8 Å². The van der Waals surface area contributed by atoms with Crippen LogP contribution in [0.25, 0.3) is 11.4 Å². The van der Waals surface area contributed by atoms with Gasteiger partial charge in [-0.1, -0.05) is 64.4 Å². The summed E-state index contributed by atoms with van der Waals surface area (Å²) >= 11 is 6.58. The summed E-state index contributed by atoms with van der Waals surface area (Å²) in [6, 6.07) is 19.0. The minimum atomic E-state index is -0.649. The zero-order valence-corrected chi connectivity index (χ0v) is 36.9. The third-order valence-corrected chi connectivity index (χ3v) is 9.93. The van der Waals surface area contributed by atoms with Crippen molar-refractivity contribution in [1.82, 2.24) is 19.7 Å². The van der Waals surface area contributed by atoms with E-state index in [0.717, 1.165) is 18.5 Å². The number of esters is 1. The second-order valence-electron chi connectivity index (χ2n) is 15.5. The molecule has 5 aromatic rings. The molecule has 1 unspecified atom stereocenters. The van der Waals surface area contributed by atoms with Crippen LogP contribution < -0.4 is 25.7 Å². The van der Waals surface area contributed by atoms with Crippen molar-refractivity contribution in [3.8, 4) is 22.9 Å². The molecule has 0 aliphatic carbocycles. The topological polar surface area (TPSA) is 164 Å². The predicted octanol–water partition coefficient (Wildman–Crippen LogP) is 8.34. The fraction of sp³-hybridized carbons (Fsp3) is 0.391. The minimum absolute atomic E-state index is 0.0684. The van der Waals surface area contributed by atoms with E-state index in [1.165, 1.54) is 28.8 Å². The summed E-state index contributed by atoms with van der Waals surface area (Å²) in [5, 5.41) is 19.3. The van der Waals surface area contributed by atoms with Gasteiger partial charge in [0.25, 0.3) is 5.56 Å². The van der Waals surface area contributed by atoms with Gasteiger partial charge in [-0.2, -0.15) is 5.10 Å². The number of carbonyl (C=O) groups is 2. The summed E-state index contributed by atoms with van der Waals surface area (Å²) in [4.78, 5) is 39.6. The lowest BCUT2D eigenvalue weighted by atomic mass is 9.92. The van der Waals surface area contributed by atoms with Gasteiger partial charge in [-0.05, 0) is 79.8 Å². The molecule has 2 heterocycles. The van der Waals surface area contributed by atoms with E-state index < -0.39 is 23.4 Å². The molecule has 0 bridgehead atoms. The average molecular weight is 876 g/mol. The molecule has 3 N–H and O–H groups in total.